The van der Waals surface area contributed by atoms with Crippen LogP contribution in [0.5, 0.6) is 17.2 Å². The molecule has 2 aliphatic carbocycles. The summed E-state index contributed by atoms with van der Waals surface area (Å²) >= 11 is 0. The van der Waals surface area contributed by atoms with Gasteiger partial charge in [0.05, 0.1) is 18.8 Å². The highest BCUT2D eigenvalue weighted by Gasteiger charge is 2.29. The molecule has 0 bridgehead atoms. The Bertz CT molecular complexity index is 1210. The van der Waals surface area contributed by atoms with Gasteiger partial charge in [0.15, 0.2) is 5.78 Å². The van der Waals surface area contributed by atoms with Gasteiger partial charge in [-0.15, -0.1) is 0 Å². The standard InChI is InChI=1S/C37H46O4/c38-36-27-34(23-24-35(36)37(39)32-13-7-4-8-14-32)41-26-10-2-1-9-25-40-33-21-19-31(20-22-33)30-17-15-29(16-18-30)28-11-5-3-6-12-28/h4,7-8,13-14,19-24,27-30,38H,1-3,5-6,9-12,15-18,25-26H2. The number of carbonyl (C=O) groups is 1. The summed E-state index contributed by atoms with van der Waals surface area (Å²) in [6.45, 7) is 1.31. The van der Waals surface area contributed by atoms with Crippen molar-refractivity contribution in [1.29, 1.82) is 0 Å². The van der Waals surface area contributed by atoms with E-state index in [4.69, 9.17) is 9.47 Å². The third kappa shape index (κ3) is 8.38. The molecule has 0 saturated heterocycles. The van der Waals surface area contributed by atoms with Gasteiger partial charge in [-0.2, -0.15) is 0 Å². The van der Waals surface area contributed by atoms with Gasteiger partial charge in [0.2, 0.25) is 0 Å². The second-order valence-electron chi connectivity index (χ2n) is 12.1. The molecule has 4 nitrogen and oxygen atoms in total. The molecule has 2 fully saturated rings. The average Bonchev–Trinajstić information content (AvgIpc) is 3.03. The number of benzene rings is 3. The first-order chi connectivity index (χ1) is 20.2. The minimum atomic E-state index is -0.195. The van der Waals surface area contributed by atoms with Crippen molar-refractivity contribution in [3.05, 3.63) is 89.5 Å². The maximum absolute atomic E-state index is 12.6. The van der Waals surface area contributed by atoms with E-state index >= 15 is 0 Å². The van der Waals surface area contributed by atoms with E-state index in [1.807, 2.05) is 18.2 Å². The quantitative estimate of drug-likeness (QED) is 0.169. The Balaban J connectivity index is 0.932. The minimum Gasteiger partial charge on any atom is -0.507 e. The van der Waals surface area contributed by atoms with Gasteiger partial charge in [0, 0.05) is 11.6 Å². The average molecular weight is 555 g/mol. The summed E-state index contributed by atoms with van der Waals surface area (Å²) in [7, 11) is 0. The third-order valence-corrected chi connectivity index (χ3v) is 9.27. The summed E-state index contributed by atoms with van der Waals surface area (Å²) in [4.78, 5) is 12.6. The third-order valence-electron chi connectivity index (χ3n) is 9.27. The number of hydrogen-bond donors (Lipinski definition) is 1. The van der Waals surface area contributed by atoms with E-state index in [1.165, 1.54) is 69.4 Å². The van der Waals surface area contributed by atoms with Crippen molar-refractivity contribution in [2.45, 2.75) is 89.4 Å². The van der Waals surface area contributed by atoms with E-state index in [0.717, 1.165) is 55.8 Å². The van der Waals surface area contributed by atoms with Crippen molar-refractivity contribution in [3.8, 4) is 17.2 Å². The maximum Gasteiger partial charge on any atom is 0.196 e. The number of rotatable bonds is 13. The molecule has 1 N–H and O–H groups in total. The number of phenolic OH excluding ortho intramolecular Hbond substituents is 1. The minimum absolute atomic E-state index is 0.0522. The number of carbonyl (C=O) groups excluding carboxylic acids is 1. The Morgan fingerprint density at radius 2 is 1.27 bits per heavy atom. The Labute approximate surface area is 246 Å². The zero-order valence-corrected chi connectivity index (χ0v) is 24.4. The van der Waals surface area contributed by atoms with Gasteiger partial charge in [-0.05, 0) is 98.9 Å². The molecule has 0 unspecified atom stereocenters. The van der Waals surface area contributed by atoms with Gasteiger partial charge in [-0.1, -0.05) is 74.6 Å². The molecule has 4 heteroatoms. The van der Waals surface area contributed by atoms with E-state index in [2.05, 4.69) is 24.3 Å². The molecule has 2 aliphatic rings. The van der Waals surface area contributed by atoms with Crippen LogP contribution < -0.4 is 9.47 Å². The first-order valence-electron chi connectivity index (χ1n) is 16.0. The van der Waals surface area contributed by atoms with Crippen LogP contribution in [0.25, 0.3) is 0 Å². The summed E-state index contributed by atoms with van der Waals surface area (Å²) in [6.07, 6.45) is 17.0. The maximum atomic E-state index is 12.6. The molecular weight excluding hydrogens is 508 g/mol. The van der Waals surface area contributed by atoms with Crippen LogP contribution in [0.3, 0.4) is 0 Å². The SMILES string of the molecule is O=C(c1ccccc1)c1ccc(OCCCCCCOc2ccc(C3CCC(C4CCCCC4)CC3)cc2)cc1O. The number of aromatic hydroxyl groups is 1. The molecule has 218 valence electrons. The van der Waals surface area contributed by atoms with Crippen LogP contribution >= 0.6 is 0 Å². The molecular formula is C37H46O4. The summed E-state index contributed by atoms with van der Waals surface area (Å²) in [6, 6.07) is 22.8. The largest absolute Gasteiger partial charge is 0.507 e. The fraction of sp³-hybridized carbons (Fsp3) is 0.486. The number of ether oxygens (including phenoxy) is 2. The molecule has 3 aromatic carbocycles. The molecule has 41 heavy (non-hydrogen) atoms. The van der Waals surface area contributed by atoms with Crippen LogP contribution in [0, 0.1) is 11.8 Å². The van der Waals surface area contributed by atoms with Crippen LogP contribution in [-0.4, -0.2) is 24.1 Å². The Hall–Kier alpha value is -3.27. The molecule has 3 aromatic rings. The van der Waals surface area contributed by atoms with Gasteiger partial charge in [-0.3, -0.25) is 4.79 Å². The zero-order chi connectivity index (χ0) is 28.3. The zero-order valence-electron chi connectivity index (χ0n) is 24.4. The fourth-order valence-corrected chi connectivity index (χ4v) is 6.84. The number of unbranched alkanes of at least 4 members (excludes halogenated alkanes) is 3. The van der Waals surface area contributed by atoms with E-state index in [-0.39, 0.29) is 17.1 Å². The van der Waals surface area contributed by atoms with Crippen molar-refractivity contribution >= 4 is 5.78 Å². The number of phenols is 1. The summed E-state index contributed by atoms with van der Waals surface area (Å²) < 4.78 is 11.8. The topological polar surface area (TPSA) is 55.8 Å². The highest BCUT2D eigenvalue weighted by atomic mass is 16.5. The Morgan fingerprint density at radius 3 is 1.93 bits per heavy atom. The first kappa shape index (κ1) is 29.2. The van der Waals surface area contributed by atoms with E-state index in [0.29, 0.717) is 17.9 Å². The van der Waals surface area contributed by atoms with Crippen molar-refractivity contribution in [3.63, 3.8) is 0 Å². The van der Waals surface area contributed by atoms with Gasteiger partial charge < -0.3 is 14.6 Å². The Kier molecular flexibility index (Phi) is 10.8. The van der Waals surface area contributed by atoms with E-state index in [9.17, 15) is 9.90 Å². The lowest BCUT2D eigenvalue weighted by atomic mass is 9.70. The first-order valence-corrected chi connectivity index (χ1v) is 16.0. The number of ketones is 1. The van der Waals surface area contributed by atoms with Crippen LogP contribution in [0.15, 0.2) is 72.8 Å². The van der Waals surface area contributed by atoms with E-state index in [1.54, 1.807) is 24.3 Å². The predicted molar refractivity (Wildman–Crippen MR) is 165 cm³/mol. The highest BCUT2D eigenvalue weighted by molar-refractivity contribution is 6.10. The molecule has 0 aliphatic heterocycles. The van der Waals surface area contributed by atoms with Crippen LogP contribution in [-0.2, 0) is 0 Å². The van der Waals surface area contributed by atoms with Crippen molar-refractivity contribution in [2.24, 2.45) is 11.8 Å². The molecule has 0 heterocycles. The van der Waals surface area contributed by atoms with Crippen LogP contribution in [0.2, 0.25) is 0 Å². The smallest absolute Gasteiger partial charge is 0.196 e. The van der Waals surface area contributed by atoms with E-state index < -0.39 is 0 Å². The summed E-state index contributed by atoms with van der Waals surface area (Å²) in [5.74, 6) is 4.03. The normalized spacial score (nSPS) is 19.5. The molecule has 0 aromatic heterocycles. The summed E-state index contributed by atoms with van der Waals surface area (Å²) in [5.41, 5.74) is 2.33. The molecule has 0 amide bonds. The van der Waals surface area contributed by atoms with Crippen LogP contribution in [0.4, 0.5) is 0 Å². The molecule has 0 atom stereocenters. The predicted octanol–water partition coefficient (Wildman–Crippen LogP) is 9.50. The van der Waals surface area contributed by atoms with Gasteiger partial charge >= 0.3 is 0 Å². The van der Waals surface area contributed by atoms with Crippen molar-refractivity contribution in [2.75, 3.05) is 13.2 Å². The molecule has 0 radical (unpaired) electrons. The summed E-state index contributed by atoms with van der Waals surface area (Å²) in [5, 5.41) is 10.3. The van der Waals surface area contributed by atoms with Crippen LogP contribution in [0.1, 0.15) is 111 Å². The molecule has 0 spiro atoms. The van der Waals surface area contributed by atoms with Gasteiger partial charge in [0.1, 0.15) is 17.2 Å². The lowest BCUT2D eigenvalue weighted by Crippen LogP contribution is -2.23. The number of hydrogen-bond acceptors (Lipinski definition) is 4. The fourth-order valence-electron chi connectivity index (χ4n) is 6.84. The lowest BCUT2D eigenvalue weighted by molar-refractivity contribution is 0.103. The second kappa shape index (κ2) is 15.1. The monoisotopic (exact) mass is 554 g/mol. The van der Waals surface area contributed by atoms with Crippen molar-refractivity contribution in [1.82, 2.24) is 0 Å². The van der Waals surface area contributed by atoms with Gasteiger partial charge in [-0.25, -0.2) is 0 Å². The van der Waals surface area contributed by atoms with Gasteiger partial charge in [0.25, 0.3) is 0 Å². The Morgan fingerprint density at radius 1 is 0.659 bits per heavy atom. The second-order valence-corrected chi connectivity index (χ2v) is 12.1. The molecule has 2 saturated carbocycles. The lowest BCUT2D eigenvalue weighted by Gasteiger charge is -2.36. The highest BCUT2D eigenvalue weighted by Crippen LogP contribution is 2.43. The van der Waals surface area contributed by atoms with Crippen molar-refractivity contribution < 1.29 is 19.4 Å². The molecule has 5 rings (SSSR count).